The molecule has 2 aromatic rings. The van der Waals surface area contributed by atoms with Gasteiger partial charge >= 0.3 is 5.82 Å². The minimum atomic E-state index is -1.40. The van der Waals surface area contributed by atoms with Crippen molar-refractivity contribution >= 4 is 17.7 Å². The van der Waals surface area contributed by atoms with Crippen LogP contribution in [0, 0.1) is 18.8 Å². The number of aliphatic hydroxyl groups excluding tert-OH is 3. The highest BCUT2D eigenvalue weighted by molar-refractivity contribution is 7.99. The first-order valence-electron chi connectivity index (χ1n) is 15.5. The van der Waals surface area contributed by atoms with E-state index in [4.69, 9.17) is 18.3 Å². The van der Waals surface area contributed by atoms with Crippen LogP contribution in [0.5, 0.6) is 5.75 Å². The lowest BCUT2D eigenvalue weighted by Crippen LogP contribution is -2.64. The maximum Gasteiger partial charge on any atom is 0.519 e. The molecule has 0 radical (unpaired) electrons. The summed E-state index contributed by atoms with van der Waals surface area (Å²) in [6.45, 7) is 6.97. The predicted octanol–water partition coefficient (Wildman–Crippen LogP) is 2.47. The Morgan fingerprint density at radius 1 is 1.16 bits per heavy atom. The van der Waals surface area contributed by atoms with E-state index in [2.05, 4.69) is 10.3 Å². The van der Waals surface area contributed by atoms with Crippen LogP contribution in [0.4, 0.5) is 0 Å². The number of hydrogen-bond donors (Lipinski definition) is 4. The molecule has 2 aromatic heterocycles. The monoisotopic (exact) mass is 637 g/mol. The number of carbonyl (C=O) groups is 1. The summed E-state index contributed by atoms with van der Waals surface area (Å²) < 4.78 is 22.2. The van der Waals surface area contributed by atoms with E-state index in [1.54, 1.807) is 25.6 Å². The molecule has 246 valence electrons. The highest BCUT2D eigenvalue weighted by Crippen LogP contribution is 2.32. The molecular weight excluding hydrogens is 590 g/mol. The number of hydrogen-bond acceptors (Lipinski definition) is 12. The standard InChI is InChI=1S/C31H47N3O9S/c1-18(2)24(28-26(36)25(35)27(37)30(43-28)44-4)33-29(38)22-11-10-20(8-5-6-15-40-21-9-7-13-32-16-21)12-14-34(22)17-23-19(3)41-31(39)42-23/h7,9,13,16,18,20,22,24-28,30,35-37H,5-6,8,10-12,14-15,17H2,1-4H3,(H,33,38)/t20-,22-,24+,25-,26+,27+,28+,30+/m0/s1. The van der Waals surface area contributed by atoms with Gasteiger partial charge in [-0.15, -0.1) is 11.8 Å². The molecule has 13 heteroatoms. The van der Waals surface area contributed by atoms with Crippen molar-refractivity contribution in [3.05, 3.63) is 46.7 Å². The van der Waals surface area contributed by atoms with Crippen molar-refractivity contribution in [1.82, 2.24) is 15.2 Å². The number of aromatic nitrogens is 1. The molecule has 2 aliphatic heterocycles. The van der Waals surface area contributed by atoms with Crippen LogP contribution < -0.4 is 15.9 Å². The van der Waals surface area contributed by atoms with Crippen molar-refractivity contribution in [2.24, 2.45) is 11.8 Å². The van der Waals surface area contributed by atoms with Gasteiger partial charge in [0, 0.05) is 6.20 Å². The number of aryl methyl sites for hydroxylation is 1. The topological polar surface area (TPSA) is 168 Å². The van der Waals surface area contributed by atoms with Gasteiger partial charge in [-0.25, -0.2) is 4.79 Å². The van der Waals surface area contributed by atoms with E-state index in [1.807, 2.05) is 30.9 Å². The highest BCUT2D eigenvalue weighted by Gasteiger charge is 2.48. The van der Waals surface area contributed by atoms with E-state index >= 15 is 0 Å². The van der Waals surface area contributed by atoms with Crippen LogP contribution in [-0.2, 0) is 16.1 Å². The van der Waals surface area contributed by atoms with Crippen LogP contribution >= 0.6 is 11.8 Å². The molecule has 2 fully saturated rings. The number of thioether (sulfide) groups is 1. The molecule has 1 amide bonds. The van der Waals surface area contributed by atoms with Gasteiger partial charge in [0.25, 0.3) is 0 Å². The van der Waals surface area contributed by atoms with E-state index in [0.717, 1.165) is 37.9 Å². The molecule has 2 saturated heterocycles. The molecule has 0 aromatic carbocycles. The first-order chi connectivity index (χ1) is 21.1. The molecule has 4 rings (SSSR count). The van der Waals surface area contributed by atoms with Gasteiger partial charge in [-0.1, -0.05) is 20.3 Å². The fourth-order valence-corrected chi connectivity index (χ4v) is 6.79. The first kappa shape index (κ1) is 34.5. The van der Waals surface area contributed by atoms with E-state index in [-0.39, 0.29) is 18.4 Å². The Morgan fingerprint density at radius 2 is 1.95 bits per heavy atom. The van der Waals surface area contributed by atoms with Gasteiger partial charge in [0.2, 0.25) is 5.91 Å². The quantitative estimate of drug-likeness (QED) is 0.237. The lowest BCUT2D eigenvalue weighted by Gasteiger charge is -2.44. The van der Waals surface area contributed by atoms with Gasteiger partial charge in [-0.3, -0.25) is 14.7 Å². The number of ether oxygens (including phenoxy) is 2. The lowest BCUT2D eigenvalue weighted by molar-refractivity contribution is -0.208. The minimum Gasteiger partial charge on any atom is -0.492 e. The fraction of sp³-hybridized carbons (Fsp3) is 0.710. The molecule has 12 nitrogen and oxygen atoms in total. The first-order valence-corrected chi connectivity index (χ1v) is 16.8. The van der Waals surface area contributed by atoms with Crippen molar-refractivity contribution in [2.45, 2.75) is 108 Å². The number of likely N-dealkylation sites (tertiary alicyclic amines) is 1. The molecular formula is C31H47N3O9S. The van der Waals surface area contributed by atoms with Gasteiger partial charge in [-0.2, -0.15) is 0 Å². The van der Waals surface area contributed by atoms with Crippen LogP contribution in [0.2, 0.25) is 0 Å². The second-order valence-corrected chi connectivity index (χ2v) is 13.1. The largest absolute Gasteiger partial charge is 0.519 e. The van der Waals surface area contributed by atoms with Gasteiger partial charge < -0.3 is 38.9 Å². The van der Waals surface area contributed by atoms with Crippen molar-refractivity contribution in [3.63, 3.8) is 0 Å². The summed E-state index contributed by atoms with van der Waals surface area (Å²) in [4.78, 5) is 31.9. The highest BCUT2D eigenvalue weighted by atomic mass is 32.2. The Bertz CT molecular complexity index is 1220. The van der Waals surface area contributed by atoms with Gasteiger partial charge in [0.05, 0.1) is 31.4 Å². The Morgan fingerprint density at radius 3 is 2.61 bits per heavy atom. The third kappa shape index (κ3) is 8.85. The molecule has 4 heterocycles. The minimum absolute atomic E-state index is 0.140. The summed E-state index contributed by atoms with van der Waals surface area (Å²) in [5, 5.41) is 34.8. The summed E-state index contributed by atoms with van der Waals surface area (Å²) in [6.07, 6.45) is 5.47. The van der Waals surface area contributed by atoms with Gasteiger partial charge in [0.1, 0.15) is 41.4 Å². The number of rotatable bonds is 13. The zero-order chi connectivity index (χ0) is 31.8. The van der Waals surface area contributed by atoms with E-state index in [1.165, 1.54) is 11.8 Å². The van der Waals surface area contributed by atoms with Crippen LogP contribution in [0.1, 0.15) is 63.9 Å². The van der Waals surface area contributed by atoms with Crippen LogP contribution in [0.15, 0.2) is 38.2 Å². The van der Waals surface area contributed by atoms with Crippen LogP contribution in [0.3, 0.4) is 0 Å². The van der Waals surface area contributed by atoms with Crippen molar-refractivity contribution < 1.29 is 38.4 Å². The third-order valence-corrected chi connectivity index (χ3v) is 9.58. The van der Waals surface area contributed by atoms with Crippen molar-refractivity contribution in [2.75, 3.05) is 19.4 Å². The fourth-order valence-electron chi connectivity index (χ4n) is 6.11. The maximum atomic E-state index is 14.0. The molecule has 0 bridgehead atoms. The number of nitrogens with one attached hydrogen (secondary N) is 1. The number of aliphatic hydroxyl groups is 3. The smallest absolute Gasteiger partial charge is 0.492 e. The number of unbranched alkanes of at least 4 members (excludes halogenated alkanes) is 1. The number of nitrogens with zero attached hydrogens (tertiary/aromatic N) is 2. The molecule has 4 N–H and O–H groups in total. The number of carbonyl (C=O) groups excluding carboxylic acids is 1. The lowest BCUT2D eigenvalue weighted by atomic mass is 9.88. The zero-order valence-electron chi connectivity index (χ0n) is 26.0. The summed E-state index contributed by atoms with van der Waals surface area (Å²) >= 11 is 1.24. The summed E-state index contributed by atoms with van der Waals surface area (Å²) in [7, 11) is 0. The van der Waals surface area contributed by atoms with Crippen molar-refractivity contribution in [1.29, 1.82) is 0 Å². The molecule has 44 heavy (non-hydrogen) atoms. The summed E-state index contributed by atoms with van der Waals surface area (Å²) in [5.74, 6) is 0.811. The summed E-state index contributed by atoms with van der Waals surface area (Å²) in [6, 6.07) is 2.59. The number of amides is 1. The second-order valence-electron chi connectivity index (χ2n) is 12.1. The Labute approximate surface area is 262 Å². The maximum absolute atomic E-state index is 14.0. The van der Waals surface area contributed by atoms with Crippen LogP contribution in [-0.4, -0.2) is 92.5 Å². The molecule has 0 saturated carbocycles. The van der Waals surface area contributed by atoms with E-state index in [0.29, 0.717) is 37.0 Å². The average molecular weight is 638 g/mol. The van der Waals surface area contributed by atoms with Gasteiger partial charge in [-0.05, 0) is 75.8 Å². The average Bonchev–Trinajstić information content (AvgIpc) is 3.19. The Kier molecular flexibility index (Phi) is 12.7. The second kappa shape index (κ2) is 16.2. The Balaban J connectivity index is 1.43. The van der Waals surface area contributed by atoms with E-state index in [9.17, 15) is 24.9 Å². The predicted molar refractivity (Wildman–Crippen MR) is 164 cm³/mol. The molecule has 0 aliphatic carbocycles. The number of pyridine rings is 1. The molecule has 0 unspecified atom stereocenters. The molecule has 8 atom stereocenters. The molecule has 2 aliphatic rings. The Hall–Kier alpha value is -2.42. The third-order valence-electron chi connectivity index (χ3n) is 8.73. The van der Waals surface area contributed by atoms with E-state index < -0.39 is 47.8 Å². The zero-order valence-corrected chi connectivity index (χ0v) is 26.8. The normalized spacial score (nSPS) is 28.9. The van der Waals surface area contributed by atoms with Gasteiger partial charge in [0.15, 0.2) is 5.76 Å². The SMILES string of the molecule is CS[C@H]1O[C@H]([C@H](NC(=O)[C@@H]2CC[C@H](CCCCOc3cccnc3)CCN2Cc2oc(=O)oc2C)C(C)C)[C@H](O)[C@H](O)[C@H]1O. The molecule has 0 spiro atoms. The summed E-state index contributed by atoms with van der Waals surface area (Å²) in [5.41, 5.74) is -0.742. The van der Waals surface area contributed by atoms with Crippen molar-refractivity contribution in [3.8, 4) is 5.75 Å². The van der Waals surface area contributed by atoms with Crippen LogP contribution in [0.25, 0.3) is 0 Å².